The van der Waals surface area contributed by atoms with Crippen LogP contribution in [0.3, 0.4) is 0 Å². The van der Waals surface area contributed by atoms with E-state index >= 15 is 0 Å². The van der Waals surface area contributed by atoms with Crippen molar-refractivity contribution in [2.45, 2.75) is 46.3 Å². The zero-order valence-corrected chi connectivity index (χ0v) is 12.9. The van der Waals surface area contributed by atoms with Gasteiger partial charge in [-0.2, -0.15) is 0 Å². The predicted molar refractivity (Wildman–Crippen MR) is 76.2 cm³/mol. The first kappa shape index (κ1) is 18.4. The molecule has 0 aliphatic rings. The second-order valence-corrected chi connectivity index (χ2v) is 5.61. The van der Waals surface area contributed by atoms with E-state index in [0.717, 1.165) is 0 Å². The van der Waals surface area contributed by atoms with Gasteiger partial charge in [0.25, 0.3) is 0 Å². The molecule has 0 N–H and O–H groups in total. The Labute approximate surface area is 120 Å². The summed E-state index contributed by atoms with van der Waals surface area (Å²) in [5.41, 5.74) is 0.160. The van der Waals surface area contributed by atoms with Crippen LogP contribution in [0.25, 0.3) is 0 Å². The summed E-state index contributed by atoms with van der Waals surface area (Å²) in [6, 6.07) is 0. The van der Waals surface area contributed by atoms with Crippen molar-refractivity contribution in [1.29, 1.82) is 0 Å². The SMILES string of the molecule is C=C(C)C(=O)OCC(COC(=O)C(=C)C)OC(C)(C)C. The molecule has 0 fully saturated rings. The van der Waals surface area contributed by atoms with Gasteiger partial charge < -0.3 is 14.2 Å². The van der Waals surface area contributed by atoms with E-state index in [9.17, 15) is 9.59 Å². The second-order valence-electron chi connectivity index (χ2n) is 5.61. The molecular formula is C15H24O5. The molecular weight excluding hydrogens is 260 g/mol. The van der Waals surface area contributed by atoms with Gasteiger partial charge in [-0.3, -0.25) is 0 Å². The molecule has 0 saturated heterocycles. The van der Waals surface area contributed by atoms with Crippen LogP contribution in [-0.2, 0) is 23.8 Å². The second kappa shape index (κ2) is 7.85. The van der Waals surface area contributed by atoms with E-state index in [0.29, 0.717) is 11.1 Å². The van der Waals surface area contributed by atoms with Crippen LogP contribution in [-0.4, -0.2) is 36.9 Å². The average Bonchev–Trinajstić information content (AvgIpc) is 2.29. The van der Waals surface area contributed by atoms with Crippen molar-refractivity contribution >= 4 is 11.9 Å². The lowest BCUT2D eigenvalue weighted by molar-refractivity contribution is -0.159. The van der Waals surface area contributed by atoms with E-state index in [1.807, 2.05) is 20.8 Å². The topological polar surface area (TPSA) is 61.8 Å². The first-order chi connectivity index (χ1) is 9.03. The standard InChI is InChI=1S/C15H24O5/c1-10(2)13(16)18-8-12(20-15(5,6)7)9-19-14(17)11(3)4/h12H,1,3,8-9H2,2,4-7H3. The highest BCUT2D eigenvalue weighted by Crippen LogP contribution is 2.12. The molecule has 0 aromatic carbocycles. The van der Waals surface area contributed by atoms with E-state index in [4.69, 9.17) is 14.2 Å². The number of ether oxygens (including phenoxy) is 3. The summed E-state index contributed by atoms with van der Waals surface area (Å²) in [7, 11) is 0. The van der Waals surface area contributed by atoms with Crippen molar-refractivity contribution in [3.8, 4) is 0 Å². The van der Waals surface area contributed by atoms with Crippen molar-refractivity contribution in [2.24, 2.45) is 0 Å². The lowest BCUT2D eigenvalue weighted by Crippen LogP contribution is -2.35. The Bertz CT molecular complexity index is 360. The lowest BCUT2D eigenvalue weighted by atomic mass is 10.2. The molecule has 0 aliphatic carbocycles. The molecule has 0 aromatic rings. The predicted octanol–water partition coefficient (Wildman–Crippen LogP) is 2.41. The summed E-state index contributed by atoms with van der Waals surface area (Å²) < 4.78 is 15.7. The van der Waals surface area contributed by atoms with E-state index in [-0.39, 0.29) is 13.2 Å². The molecule has 0 rings (SSSR count). The van der Waals surface area contributed by atoms with E-state index in [1.54, 1.807) is 13.8 Å². The number of carbonyl (C=O) groups is 2. The number of hydrogen-bond donors (Lipinski definition) is 0. The number of hydrogen-bond acceptors (Lipinski definition) is 5. The zero-order valence-electron chi connectivity index (χ0n) is 12.9. The molecule has 0 radical (unpaired) electrons. The van der Waals surface area contributed by atoms with Gasteiger partial charge in [-0.1, -0.05) is 13.2 Å². The smallest absolute Gasteiger partial charge is 0.333 e. The van der Waals surface area contributed by atoms with Gasteiger partial charge in [-0.05, 0) is 34.6 Å². The average molecular weight is 284 g/mol. The molecule has 0 heterocycles. The molecule has 0 saturated carbocycles. The molecule has 5 heteroatoms. The normalized spacial score (nSPS) is 11.1. The third-order valence-electron chi connectivity index (χ3n) is 2.02. The molecule has 0 bridgehead atoms. The summed E-state index contributed by atoms with van der Waals surface area (Å²) in [4.78, 5) is 22.7. The molecule has 114 valence electrons. The highest BCUT2D eigenvalue weighted by Gasteiger charge is 2.22. The number of carbonyl (C=O) groups excluding carboxylic acids is 2. The molecule has 0 aliphatic heterocycles. The molecule has 0 unspecified atom stereocenters. The van der Waals surface area contributed by atoms with Crippen LogP contribution in [0.5, 0.6) is 0 Å². The van der Waals surface area contributed by atoms with E-state index in [2.05, 4.69) is 13.2 Å². The Hall–Kier alpha value is -1.62. The Morgan fingerprint density at radius 2 is 1.30 bits per heavy atom. The third kappa shape index (κ3) is 8.48. The van der Waals surface area contributed by atoms with Crippen molar-refractivity contribution in [3.63, 3.8) is 0 Å². The van der Waals surface area contributed by atoms with Crippen LogP contribution in [0.4, 0.5) is 0 Å². The molecule has 0 aromatic heterocycles. The minimum absolute atomic E-state index is 0.00751. The van der Waals surface area contributed by atoms with Crippen molar-refractivity contribution in [2.75, 3.05) is 13.2 Å². The van der Waals surface area contributed by atoms with E-state index in [1.165, 1.54) is 0 Å². The summed E-state index contributed by atoms with van der Waals surface area (Å²) in [6.45, 7) is 15.7. The van der Waals surface area contributed by atoms with Gasteiger partial charge in [-0.25, -0.2) is 9.59 Å². The van der Waals surface area contributed by atoms with Gasteiger partial charge in [0.05, 0.1) is 5.60 Å². The molecule has 20 heavy (non-hydrogen) atoms. The van der Waals surface area contributed by atoms with Gasteiger partial charge in [0.2, 0.25) is 0 Å². The Balaban J connectivity index is 4.49. The quantitative estimate of drug-likeness (QED) is 0.530. The highest BCUT2D eigenvalue weighted by atomic mass is 16.6. The summed E-state index contributed by atoms with van der Waals surface area (Å²) in [5, 5.41) is 0. The zero-order chi connectivity index (χ0) is 15.9. The monoisotopic (exact) mass is 284 g/mol. The Morgan fingerprint density at radius 1 is 0.950 bits per heavy atom. The maximum absolute atomic E-state index is 11.4. The largest absolute Gasteiger partial charge is 0.459 e. The molecule has 5 nitrogen and oxygen atoms in total. The maximum Gasteiger partial charge on any atom is 0.333 e. The third-order valence-corrected chi connectivity index (χ3v) is 2.02. The van der Waals surface area contributed by atoms with Crippen LogP contribution in [0.2, 0.25) is 0 Å². The molecule has 0 spiro atoms. The van der Waals surface area contributed by atoms with Crippen LogP contribution in [0, 0.1) is 0 Å². The fraction of sp³-hybridized carbons (Fsp3) is 0.600. The maximum atomic E-state index is 11.4. The lowest BCUT2D eigenvalue weighted by Gasteiger charge is -2.27. The fourth-order valence-corrected chi connectivity index (χ4v) is 1.20. The van der Waals surface area contributed by atoms with Crippen molar-refractivity contribution in [3.05, 3.63) is 24.3 Å². The summed E-state index contributed by atoms with van der Waals surface area (Å²) >= 11 is 0. The number of esters is 2. The fourth-order valence-electron chi connectivity index (χ4n) is 1.20. The van der Waals surface area contributed by atoms with E-state index < -0.39 is 23.6 Å². The number of rotatable bonds is 7. The van der Waals surface area contributed by atoms with Gasteiger partial charge in [0.1, 0.15) is 19.3 Å². The Kier molecular flexibility index (Phi) is 7.21. The van der Waals surface area contributed by atoms with Gasteiger partial charge in [-0.15, -0.1) is 0 Å². The van der Waals surface area contributed by atoms with Crippen LogP contribution in [0.1, 0.15) is 34.6 Å². The minimum atomic E-state index is -0.540. The van der Waals surface area contributed by atoms with Crippen LogP contribution < -0.4 is 0 Å². The summed E-state index contributed by atoms with van der Waals surface area (Å²) in [5.74, 6) is -1.00. The first-order valence-electron chi connectivity index (χ1n) is 6.36. The molecule has 0 atom stereocenters. The van der Waals surface area contributed by atoms with Crippen molar-refractivity contribution < 1.29 is 23.8 Å². The minimum Gasteiger partial charge on any atom is -0.459 e. The van der Waals surface area contributed by atoms with Gasteiger partial charge >= 0.3 is 11.9 Å². The van der Waals surface area contributed by atoms with Crippen molar-refractivity contribution in [1.82, 2.24) is 0 Å². The summed E-state index contributed by atoms with van der Waals surface area (Å²) in [6.07, 6.45) is -0.540. The van der Waals surface area contributed by atoms with Crippen LogP contribution in [0.15, 0.2) is 24.3 Å². The molecule has 0 amide bonds. The first-order valence-corrected chi connectivity index (χ1v) is 6.36. The Morgan fingerprint density at radius 3 is 1.55 bits per heavy atom. The van der Waals surface area contributed by atoms with Gasteiger partial charge in [0.15, 0.2) is 0 Å². The highest BCUT2D eigenvalue weighted by molar-refractivity contribution is 5.87. The van der Waals surface area contributed by atoms with Gasteiger partial charge in [0, 0.05) is 11.1 Å². The van der Waals surface area contributed by atoms with Crippen LogP contribution >= 0.6 is 0 Å².